The van der Waals surface area contributed by atoms with E-state index in [1.165, 1.54) is 5.56 Å². The van der Waals surface area contributed by atoms with Gasteiger partial charge in [0.25, 0.3) is 0 Å². The maximum absolute atomic E-state index is 11.4. The van der Waals surface area contributed by atoms with E-state index in [-0.39, 0.29) is 18.7 Å². The minimum absolute atomic E-state index is 0.0800. The lowest BCUT2D eigenvalue weighted by Crippen LogP contribution is -2.17. The molecule has 0 radical (unpaired) electrons. The van der Waals surface area contributed by atoms with Gasteiger partial charge in [-0.15, -0.1) is 0 Å². The number of amides is 2. The van der Waals surface area contributed by atoms with E-state index in [1.54, 1.807) is 0 Å². The summed E-state index contributed by atoms with van der Waals surface area (Å²) in [6, 6.07) is 5.68. The van der Waals surface area contributed by atoms with E-state index in [2.05, 4.69) is 5.32 Å². The zero-order valence-corrected chi connectivity index (χ0v) is 9.54. The normalized spacial score (nSPS) is 9.88. The number of anilines is 1. The van der Waals surface area contributed by atoms with E-state index >= 15 is 0 Å². The minimum atomic E-state index is -0.463. The highest BCUT2D eigenvalue weighted by molar-refractivity contribution is 5.93. The number of hydrogen-bond acceptors (Lipinski definition) is 2. The first-order valence-electron chi connectivity index (χ1n) is 5.14. The summed E-state index contributed by atoms with van der Waals surface area (Å²) in [5.74, 6) is -0.655. The van der Waals surface area contributed by atoms with Crippen molar-refractivity contribution in [1.29, 1.82) is 0 Å². The van der Waals surface area contributed by atoms with Gasteiger partial charge >= 0.3 is 0 Å². The smallest absolute Gasteiger partial charge is 0.224 e. The first kappa shape index (κ1) is 12.2. The lowest BCUT2D eigenvalue weighted by Gasteiger charge is -2.06. The molecule has 0 aliphatic rings. The van der Waals surface area contributed by atoms with Crippen LogP contribution < -0.4 is 11.1 Å². The van der Waals surface area contributed by atoms with Crippen LogP contribution in [0.2, 0.25) is 0 Å². The molecule has 4 nitrogen and oxygen atoms in total. The standard InChI is InChI=1S/C12H16N2O2/c1-8-3-4-10(7-9(8)2)14-12(16)6-5-11(13)15/h3-4,7H,5-6H2,1-2H3,(H2,13,15)(H,14,16). The summed E-state index contributed by atoms with van der Waals surface area (Å²) in [6.07, 6.45) is 0.207. The van der Waals surface area contributed by atoms with Crippen molar-refractivity contribution in [1.82, 2.24) is 0 Å². The number of carbonyl (C=O) groups excluding carboxylic acids is 2. The molecule has 0 fully saturated rings. The van der Waals surface area contributed by atoms with Gasteiger partial charge in [-0.2, -0.15) is 0 Å². The van der Waals surface area contributed by atoms with Gasteiger partial charge in [0.05, 0.1) is 0 Å². The molecule has 86 valence electrons. The second-order valence-electron chi connectivity index (χ2n) is 3.81. The number of hydrogen-bond donors (Lipinski definition) is 2. The molecule has 1 aromatic carbocycles. The van der Waals surface area contributed by atoms with Crippen LogP contribution in [0.15, 0.2) is 18.2 Å². The summed E-state index contributed by atoms with van der Waals surface area (Å²) in [4.78, 5) is 21.9. The third-order valence-corrected chi connectivity index (χ3v) is 2.39. The topological polar surface area (TPSA) is 72.2 Å². The lowest BCUT2D eigenvalue weighted by molar-refractivity contribution is -0.122. The third kappa shape index (κ3) is 3.73. The molecule has 0 unspecified atom stereocenters. The summed E-state index contributed by atoms with van der Waals surface area (Å²) in [5.41, 5.74) is 8.00. The molecule has 1 aromatic rings. The Morgan fingerprint density at radius 2 is 1.88 bits per heavy atom. The van der Waals surface area contributed by atoms with Crippen LogP contribution in [-0.4, -0.2) is 11.8 Å². The summed E-state index contributed by atoms with van der Waals surface area (Å²) < 4.78 is 0. The van der Waals surface area contributed by atoms with Gasteiger partial charge < -0.3 is 11.1 Å². The van der Waals surface area contributed by atoms with Gasteiger partial charge in [0.2, 0.25) is 11.8 Å². The monoisotopic (exact) mass is 220 g/mol. The number of nitrogens with two attached hydrogens (primary N) is 1. The molecule has 3 N–H and O–H groups in total. The summed E-state index contributed by atoms with van der Waals surface area (Å²) in [5, 5.41) is 2.72. The predicted octanol–water partition coefficient (Wildman–Crippen LogP) is 1.51. The van der Waals surface area contributed by atoms with Gasteiger partial charge in [0.15, 0.2) is 0 Å². The Morgan fingerprint density at radius 1 is 1.19 bits per heavy atom. The number of benzene rings is 1. The fourth-order valence-corrected chi connectivity index (χ4v) is 1.28. The van der Waals surface area contributed by atoms with Gasteiger partial charge in [-0.1, -0.05) is 6.07 Å². The summed E-state index contributed by atoms with van der Waals surface area (Å²) >= 11 is 0. The van der Waals surface area contributed by atoms with E-state index in [9.17, 15) is 9.59 Å². The second-order valence-corrected chi connectivity index (χ2v) is 3.81. The van der Waals surface area contributed by atoms with E-state index in [1.807, 2.05) is 32.0 Å². The molecule has 0 aliphatic carbocycles. The molecule has 0 aliphatic heterocycles. The molecule has 16 heavy (non-hydrogen) atoms. The van der Waals surface area contributed by atoms with Crippen molar-refractivity contribution in [3.63, 3.8) is 0 Å². The van der Waals surface area contributed by atoms with Gasteiger partial charge in [-0.3, -0.25) is 9.59 Å². The molecule has 0 bridgehead atoms. The highest BCUT2D eigenvalue weighted by Crippen LogP contribution is 2.14. The lowest BCUT2D eigenvalue weighted by atomic mass is 10.1. The molecule has 1 rings (SSSR count). The predicted molar refractivity (Wildman–Crippen MR) is 63.0 cm³/mol. The van der Waals surface area contributed by atoms with E-state index < -0.39 is 5.91 Å². The highest BCUT2D eigenvalue weighted by atomic mass is 16.2. The first-order valence-corrected chi connectivity index (χ1v) is 5.14. The van der Waals surface area contributed by atoms with Crippen LogP contribution in [0, 0.1) is 13.8 Å². The molecule has 0 atom stereocenters. The number of carbonyl (C=O) groups is 2. The molecule has 0 aromatic heterocycles. The molecule has 2 amide bonds. The first-order chi connectivity index (χ1) is 7.49. The minimum Gasteiger partial charge on any atom is -0.370 e. The average molecular weight is 220 g/mol. The van der Waals surface area contributed by atoms with Gasteiger partial charge in [-0.05, 0) is 37.1 Å². The van der Waals surface area contributed by atoms with E-state index in [0.717, 1.165) is 11.3 Å². The van der Waals surface area contributed by atoms with Crippen molar-refractivity contribution in [3.8, 4) is 0 Å². The SMILES string of the molecule is Cc1ccc(NC(=O)CCC(N)=O)cc1C. The van der Waals surface area contributed by atoms with E-state index in [4.69, 9.17) is 5.73 Å². The van der Waals surface area contributed by atoms with Crippen LogP contribution in [0.3, 0.4) is 0 Å². The highest BCUT2D eigenvalue weighted by Gasteiger charge is 2.05. The maximum atomic E-state index is 11.4. The molecular formula is C12H16N2O2. The summed E-state index contributed by atoms with van der Waals surface area (Å²) in [6.45, 7) is 3.99. The third-order valence-electron chi connectivity index (χ3n) is 2.39. The number of aryl methyl sites for hydroxylation is 2. The number of nitrogens with one attached hydrogen (secondary N) is 1. The Balaban J connectivity index is 2.56. The van der Waals surface area contributed by atoms with Gasteiger partial charge in [0, 0.05) is 18.5 Å². The Hall–Kier alpha value is -1.84. The Kier molecular flexibility index (Phi) is 4.05. The zero-order valence-electron chi connectivity index (χ0n) is 9.54. The van der Waals surface area contributed by atoms with Crippen LogP contribution >= 0.6 is 0 Å². The largest absolute Gasteiger partial charge is 0.370 e. The van der Waals surface area contributed by atoms with E-state index in [0.29, 0.717) is 0 Å². The maximum Gasteiger partial charge on any atom is 0.224 e. The molecule has 0 saturated carbocycles. The van der Waals surface area contributed by atoms with Crippen LogP contribution in [0.5, 0.6) is 0 Å². The average Bonchev–Trinajstić information content (AvgIpc) is 2.21. The number of primary amides is 1. The van der Waals surface area contributed by atoms with Crippen molar-refractivity contribution in [3.05, 3.63) is 29.3 Å². The van der Waals surface area contributed by atoms with Gasteiger partial charge in [-0.25, -0.2) is 0 Å². The molecule has 0 saturated heterocycles. The van der Waals surface area contributed by atoms with Crippen molar-refractivity contribution in [2.45, 2.75) is 26.7 Å². The molecular weight excluding hydrogens is 204 g/mol. The van der Waals surface area contributed by atoms with Crippen molar-refractivity contribution < 1.29 is 9.59 Å². The molecule has 0 spiro atoms. The fourth-order valence-electron chi connectivity index (χ4n) is 1.28. The van der Waals surface area contributed by atoms with Crippen molar-refractivity contribution in [2.75, 3.05) is 5.32 Å². The van der Waals surface area contributed by atoms with Crippen LogP contribution in [0.25, 0.3) is 0 Å². The zero-order chi connectivity index (χ0) is 12.1. The Labute approximate surface area is 94.8 Å². The number of rotatable bonds is 4. The van der Waals surface area contributed by atoms with Gasteiger partial charge in [0.1, 0.15) is 0 Å². The van der Waals surface area contributed by atoms with Crippen LogP contribution in [0.4, 0.5) is 5.69 Å². The quantitative estimate of drug-likeness (QED) is 0.807. The molecule has 0 heterocycles. The van der Waals surface area contributed by atoms with Crippen molar-refractivity contribution in [2.24, 2.45) is 5.73 Å². The fraction of sp³-hybridized carbons (Fsp3) is 0.333. The Morgan fingerprint density at radius 3 is 2.44 bits per heavy atom. The summed E-state index contributed by atoms with van der Waals surface area (Å²) in [7, 11) is 0. The second kappa shape index (κ2) is 5.30. The van der Waals surface area contributed by atoms with Crippen LogP contribution in [-0.2, 0) is 9.59 Å². The molecule has 4 heteroatoms. The van der Waals surface area contributed by atoms with Crippen molar-refractivity contribution >= 4 is 17.5 Å². The Bertz CT molecular complexity index is 413. The van der Waals surface area contributed by atoms with Crippen LogP contribution in [0.1, 0.15) is 24.0 Å².